The van der Waals surface area contributed by atoms with E-state index in [9.17, 15) is 0 Å². The molecule has 6 atom stereocenters. The third-order valence-electron chi connectivity index (χ3n) is 10.4. The van der Waals surface area contributed by atoms with Gasteiger partial charge < -0.3 is 4.90 Å². The van der Waals surface area contributed by atoms with E-state index in [2.05, 4.69) is 68.3 Å². The molecule has 0 amide bonds. The minimum atomic E-state index is 0.280. The van der Waals surface area contributed by atoms with Crippen molar-refractivity contribution < 1.29 is 0 Å². The Morgan fingerprint density at radius 1 is 0.909 bits per heavy atom. The molecule has 4 aliphatic rings. The summed E-state index contributed by atoms with van der Waals surface area (Å²) in [6.07, 6.45) is 20.1. The van der Waals surface area contributed by atoms with E-state index in [1.807, 2.05) is 12.3 Å². The summed E-state index contributed by atoms with van der Waals surface area (Å²) < 4.78 is 0. The minimum Gasteiger partial charge on any atom is -0.378 e. The van der Waals surface area contributed by atoms with Crippen LogP contribution in [0.5, 0.6) is 0 Å². The summed E-state index contributed by atoms with van der Waals surface area (Å²) in [6, 6.07) is 8.59. The molecule has 1 aromatic rings. The summed E-state index contributed by atoms with van der Waals surface area (Å²) in [7, 11) is 4.14. The predicted molar refractivity (Wildman–Crippen MR) is 142 cm³/mol. The SMILES string of the molecule is CN(C)c1ccc(C=CC=NN=C2CCC3C4CCC5CCCCC5(C)C4CCC23C)cc1. The zero-order valence-corrected chi connectivity index (χ0v) is 21.3. The van der Waals surface area contributed by atoms with Gasteiger partial charge in [0, 0.05) is 37.1 Å². The van der Waals surface area contributed by atoms with Crippen molar-refractivity contribution in [3.63, 3.8) is 0 Å². The van der Waals surface area contributed by atoms with E-state index < -0.39 is 0 Å². The van der Waals surface area contributed by atoms with Gasteiger partial charge in [-0.2, -0.15) is 10.2 Å². The molecule has 33 heavy (non-hydrogen) atoms. The van der Waals surface area contributed by atoms with Crippen LogP contribution < -0.4 is 4.90 Å². The zero-order chi connectivity index (χ0) is 23.1. The van der Waals surface area contributed by atoms with Crippen molar-refractivity contribution in [2.75, 3.05) is 19.0 Å². The lowest BCUT2D eigenvalue weighted by molar-refractivity contribution is -0.0936. The highest BCUT2D eigenvalue weighted by atomic mass is 15.2. The molecule has 0 radical (unpaired) electrons. The lowest BCUT2D eigenvalue weighted by Gasteiger charge is -2.59. The molecular weight excluding hydrogens is 402 g/mol. The van der Waals surface area contributed by atoms with E-state index in [0.717, 1.165) is 30.1 Å². The van der Waals surface area contributed by atoms with Gasteiger partial charge in [-0.3, -0.25) is 0 Å². The number of benzene rings is 1. The predicted octanol–water partition coefficient (Wildman–Crippen LogP) is 7.63. The van der Waals surface area contributed by atoms with E-state index in [4.69, 9.17) is 5.10 Å². The second-order valence-corrected chi connectivity index (χ2v) is 12.1. The maximum atomic E-state index is 4.81. The van der Waals surface area contributed by atoms with Gasteiger partial charge in [0.15, 0.2) is 0 Å². The van der Waals surface area contributed by atoms with Crippen molar-refractivity contribution in [1.82, 2.24) is 0 Å². The summed E-state index contributed by atoms with van der Waals surface area (Å²) in [6.45, 7) is 5.19. The highest BCUT2D eigenvalue weighted by Gasteiger charge is 2.58. The fraction of sp³-hybridized carbons (Fsp3) is 0.667. The minimum absolute atomic E-state index is 0.280. The van der Waals surface area contributed by atoms with Gasteiger partial charge in [-0.05, 0) is 104 Å². The largest absolute Gasteiger partial charge is 0.378 e. The van der Waals surface area contributed by atoms with Crippen LogP contribution in [0.15, 0.2) is 40.5 Å². The second kappa shape index (κ2) is 9.04. The Kier molecular flexibility index (Phi) is 6.27. The molecule has 4 saturated carbocycles. The van der Waals surface area contributed by atoms with Crippen LogP contribution in [0, 0.1) is 34.5 Å². The van der Waals surface area contributed by atoms with E-state index in [-0.39, 0.29) is 5.41 Å². The van der Waals surface area contributed by atoms with E-state index in [1.165, 1.54) is 74.7 Å². The molecule has 3 heteroatoms. The lowest BCUT2D eigenvalue weighted by atomic mass is 9.45. The van der Waals surface area contributed by atoms with Crippen molar-refractivity contribution in [3.05, 3.63) is 35.9 Å². The molecule has 0 saturated heterocycles. The normalized spacial score (nSPS) is 39.6. The lowest BCUT2D eigenvalue weighted by Crippen LogP contribution is -2.52. The highest BCUT2D eigenvalue weighted by Crippen LogP contribution is 2.65. The van der Waals surface area contributed by atoms with Crippen molar-refractivity contribution in [1.29, 1.82) is 0 Å². The van der Waals surface area contributed by atoms with Crippen LogP contribution in [0.2, 0.25) is 0 Å². The van der Waals surface area contributed by atoms with E-state index >= 15 is 0 Å². The van der Waals surface area contributed by atoms with Crippen molar-refractivity contribution in [2.45, 2.75) is 78.1 Å². The van der Waals surface area contributed by atoms with Crippen LogP contribution in [0.25, 0.3) is 6.08 Å². The molecular formula is C30H43N3. The Bertz CT molecular complexity index is 926. The first-order valence-electron chi connectivity index (χ1n) is 13.5. The number of allylic oxidation sites excluding steroid dienone is 1. The van der Waals surface area contributed by atoms with Gasteiger partial charge in [-0.15, -0.1) is 0 Å². The number of hydrogen-bond donors (Lipinski definition) is 0. The molecule has 178 valence electrons. The van der Waals surface area contributed by atoms with Crippen LogP contribution in [-0.4, -0.2) is 26.0 Å². The Hall–Kier alpha value is -1.90. The van der Waals surface area contributed by atoms with Gasteiger partial charge in [-0.25, -0.2) is 0 Å². The first kappa shape index (κ1) is 22.9. The maximum absolute atomic E-state index is 4.81. The number of anilines is 1. The second-order valence-electron chi connectivity index (χ2n) is 12.1. The molecule has 0 N–H and O–H groups in total. The molecule has 6 unspecified atom stereocenters. The Labute approximate surface area is 201 Å². The maximum Gasteiger partial charge on any atom is 0.0495 e. The quantitative estimate of drug-likeness (QED) is 0.346. The first-order chi connectivity index (χ1) is 15.9. The Morgan fingerprint density at radius 3 is 2.52 bits per heavy atom. The molecule has 5 rings (SSSR count). The molecule has 0 spiro atoms. The fourth-order valence-electron chi connectivity index (χ4n) is 8.43. The number of nitrogens with zero attached hydrogens (tertiary/aromatic N) is 3. The van der Waals surface area contributed by atoms with Crippen LogP contribution >= 0.6 is 0 Å². The van der Waals surface area contributed by atoms with Gasteiger partial charge in [0.2, 0.25) is 0 Å². The van der Waals surface area contributed by atoms with Gasteiger partial charge in [-0.1, -0.05) is 44.9 Å². The Balaban J connectivity index is 1.25. The van der Waals surface area contributed by atoms with Crippen LogP contribution in [0.1, 0.15) is 83.6 Å². The number of hydrogen-bond acceptors (Lipinski definition) is 3. The smallest absolute Gasteiger partial charge is 0.0495 e. The molecule has 4 fully saturated rings. The molecule has 1 aromatic carbocycles. The van der Waals surface area contributed by atoms with Gasteiger partial charge in [0.25, 0.3) is 0 Å². The highest BCUT2D eigenvalue weighted by molar-refractivity contribution is 5.93. The summed E-state index contributed by atoms with van der Waals surface area (Å²) in [4.78, 5) is 2.12. The molecule has 0 aliphatic heterocycles. The third-order valence-corrected chi connectivity index (χ3v) is 10.4. The molecule has 0 bridgehead atoms. The molecule has 0 aromatic heterocycles. The number of fused-ring (bicyclic) bond motifs is 5. The zero-order valence-electron chi connectivity index (χ0n) is 21.3. The van der Waals surface area contributed by atoms with Crippen LogP contribution in [0.3, 0.4) is 0 Å². The van der Waals surface area contributed by atoms with Gasteiger partial charge >= 0.3 is 0 Å². The average Bonchev–Trinajstić information content (AvgIpc) is 3.15. The van der Waals surface area contributed by atoms with Crippen LogP contribution in [-0.2, 0) is 0 Å². The van der Waals surface area contributed by atoms with Gasteiger partial charge in [0.05, 0.1) is 0 Å². The Morgan fingerprint density at radius 2 is 1.73 bits per heavy atom. The topological polar surface area (TPSA) is 28.0 Å². The molecule has 4 aliphatic carbocycles. The first-order valence-corrected chi connectivity index (χ1v) is 13.5. The van der Waals surface area contributed by atoms with E-state index in [1.54, 1.807) is 0 Å². The monoisotopic (exact) mass is 445 g/mol. The number of rotatable bonds is 4. The van der Waals surface area contributed by atoms with E-state index in [0.29, 0.717) is 5.41 Å². The summed E-state index contributed by atoms with van der Waals surface area (Å²) in [5, 5.41) is 9.31. The standard InChI is InChI=1S/C30H43N3/c1-29-19-6-5-9-23(29)12-15-25-26-16-17-28(30(26,2)20-18-27(25)29)32-31-21-7-8-22-10-13-24(14-11-22)33(3)4/h7-8,10-11,13-14,21,23,25-27H,5-6,9,12,15-20H2,1-4H3. The fourth-order valence-corrected chi connectivity index (χ4v) is 8.43. The summed E-state index contributed by atoms with van der Waals surface area (Å²) in [5.41, 5.74) is 4.69. The summed E-state index contributed by atoms with van der Waals surface area (Å²) in [5.74, 6) is 3.71. The third kappa shape index (κ3) is 4.10. The van der Waals surface area contributed by atoms with Crippen molar-refractivity contribution in [3.8, 4) is 0 Å². The van der Waals surface area contributed by atoms with Crippen LogP contribution in [0.4, 0.5) is 5.69 Å². The molecule has 3 nitrogen and oxygen atoms in total. The molecule has 0 heterocycles. The summed E-state index contributed by atoms with van der Waals surface area (Å²) >= 11 is 0. The van der Waals surface area contributed by atoms with Crippen molar-refractivity contribution >= 4 is 23.7 Å². The van der Waals surface area contributed by atoms with Crippen molar-refractivity contribution in [2.24, 2.45) is 44.7 Å². The average molecular weight is 446 g/mol. The van der Waals surface area contributed by atoms with Gasteiger partial charge in [0.1, 0.15) is 0 Å².